The van der Waals surface area contributed by atoms with Crippen LogP contribution < -0.4 is 5.32 Å². The van der Waals surface area contributed by atoms with E-state index in [0.29, 0.717) is 6.41 Å². The second-order valence-corrected chi connectivity index (χ2v) is 5.11. The van der Waals surface area contributed by atoms with E-state index in [1.807, 2.05) is 60.0 Å². The number of hydrogen-bond acceptors (Lipinski definition) is 3. The van der Waals surface area contributed by atoms with Gasteiger partial charge in [0.15, 0.2) is 0 Å². The molecule has 98 valence electrons. The molecule has 1 amide bonds. The van der Waals surface area contributed by atoms with Crippen LogP contribution in [0.2, 0.25) is 0 Å². The summed E-state index contributed by atoms with van der Waals surface area (Å²) in [7, 11) is 0. The van der Waals surface area contributed by atoms with Gasteiger partial charge in [0.2, 0.25) is 6.41 Å². The lowest BCUT2D eigenvalue weighted by Crippen LogP contribution is -1.93. The minimum Gasteiger partial charge on any atom is -0.329 e. The maximum absolute atomic E-state index is 10.5. The quantitative estimate of drug-likeness (QED) is 0.733. The first kappa shape index (κ1) is 12.6. The summed E-state index contributed by atoms with van der Waals surface area (Å²) in [6.07, 6.45) is 0.676. The fourth-order valence-corrected chi connectivity index (χ4v) is 2.79. The van der Waals surface area contributed by atoms with Gasteiger partial charge in [-0.3, -0.25) is 4.79 Å². The van der Waals surface area contributed by atoms with Crippen LogP contribution in [0.3, 0.4) is 0 Å². The van der Waals surface area contributed by atoms with Crippen LogP contribution in [0.1, 0.15) is 0 Å². The Labute approximate surface area is 120 Å². The zero-order chi connectivity index (χ0) is 13.8. The third kappa shape index (κ3) is 2.60. The van der Waals surface area contributed by atoms with Crippen LogP contribution >= 0.6 is 11.3 Å². The summed E-state index contributed by atoms with van der Waals surface area (Å²) in [6.45, 7) is 0. The van der Waals surface area contributed by atoms with Gasteiger partial charge in [-0.05, 0) is 12.1 Å². The predicted molar refractivity (Wildman–Crippen MR) is 82.7 cm³/mol. The van der Waals surface area contributed by atoms with Gasteiger partial charge in [-0.1, -0.05) is 42.5 Å². The van der Waals surface area contributed by atoms with Gasteiger partial charge in [-0.25, -0.2) is 4.98 Å². The van der Waals surface area contributed by atoms with Crippen LogP contribution in [0.25, 0.3) is 21.8 Å². The van der Waals surface area contributed by atoms with Crippen LogP contribution in [0.4, 0.5) is 5.69 Å². The number of thiazole rings is 1. The summed E-state index contributed by atoms with van der Waals surface area (Å²) in [4.78, 5) is 15.1. The van der Waals surface area contributed by atoms with Crippen LogP contribution in [-0.4, -0.2) is 11.4 Å². The molecule has 0 aliphatic heterocycles. The highest BCUT2D eigenvalue weighted by Gasteiger charge is 2.06. The van der Waals surface area contributed by atoms with E-state index in [9.17, 15) is 4.79 Å². The maximum Gasteiger partial charge on any atom is 0.211 e. The second kappa shape index (κ2) is 5.67. The van der Waals surface area contributed by atoms with E-state index < -0.39 is 0 Å². The number of hydrogen-bond donors (Lipinski definition) is 1. The van der Waals surface area contributed by atoms with Crippen molar-refractivity contribution in [2.24, 2.45) is 0 Å². The topological polar surface area (TPSA) is 42.0 Å². The van der Waals surface area contributed by atoms with Crippen molar-refractivity contribution >= 4 is 23.4 Å². The van der Waals surface area contributed by atoms with Crippen molar-refractivity contribution in [1.82, 2.24) is 4.98 Å². The van der Waals surface area contributed by atoms with Crippen molar-refractivity contribution in [1.29, 1.82) is 0 Å². The van der Waals surface area contributed by atoms with Crippen LogP contribution in [0.5, 0.6) is 0 Å². The van der Waals surface area contributed by atoms with Gasteiger partial charge in [0.1, 0.15) is 5.01 Å². The monoisotopic (exact) mass is 280 g/mol. The molecule has 3 nitrogen and oxygen atoms in total. The van der Waals surface area contributed by atoms with Gasteiger partial charge in [-0.2, -0.15) is 0 Å². The number of carbonyl (C=O) groups is 1. The Morgan fingerprint density at radius 1 is 1.00 bits per heavy atom. The SMILES string of the molecule is O=CNc1cccc(-c2csc(-c3ccccc3)n2)c1. The molecule has 0 spiro atoms. The van der Waals surface area contributed by atoms with Gasteiger partial charge >= 0.3 is 0 Å². The first-order valence-corrected chi connectivity index (χ1v) is 7.06. The Balaban J connectivity index is 1.94. The van der Waals surface area contributed by atoms with E-state index in [1.54, 1.807) is 11.3 Å². The van der Waals surface area contributed by atoms with Crippen molar-refractivity contribution in [3.63, 3.8) is 0 Å². The van der Waals surface area contributed by atoms with E-state index in [1.165, 1.54) is 0 Å². The van der Waals surface area contributed by atoms with Crippen molar-refractivity contribution < 1.29 is 4.79 Å². The maximum atomic E-state index is 10.5. The molecular weight excluding hydrogens is 268 g/mol. The molecule has 0 saturated carbocycles. The number of benzene rings is 2. The molecule has 0 saturated heterocycles. The highest BCUT2D eigenvalue weighted by molar-refractivity contribution is 7.13. The summed E-state index contributed by atoms with van der Waals surface area (Å²) >= 11 is 1.62. The zero-order valence-electron chi connectivity index (χ0n) is 10.6. The summed E-state index contributed by atoms with van der Waals surface area (Å²) < 4.78 is 0. The Bertz CT molecular complexity index is 722. The van der Waals surface area contributed by atoms with Crippen LogP contribution in [0, 0.1) is 0 Å². The number of rotatable bonds is 4. The lowest BCUT2D eigenvalue weighted by molar-refractivity contribution is -0.105. The largest absolute Gasteiger partial charge is 0.329 e. The number of amides is 1. The Hall–Kier alpha value is -2.46. The minimum absolute atomic E-state index is 0.676. The fraction of sp³-hybridized carbons (Fsp3) is 0. The average Bonchev–Trinajstić information content (AvgIpc) is 2.99. The normalized spacial score (nSPS) is 10.2. The van der Waals surface area contributed by atoms with Gasteiger partial charge in [0.25, 0.3) is 0 Å². The number of nitrogens with one attached hydrogen (secondary N) is 1. The van der Waals surface area contributed by atoms with Gasteiger partial charge in [0, 0.05) is 22.2 Å². The van der Waals surface area contributed by atoms with Crippen molar-refractivity contribution in [2.45, 2.75) is 0 Å². The van der Waals surface area contributed by atoms with E-state index in [2.05, 4.69) is 10.3 Å². The molecule has 0 radical (unpaired) electrons. The smallest absolute Gasteiger partial charge is 0.211 e. The van der Waals surface area contributed by atoms with Crippen LogP contribution in [-0.2, 0) is 4.79 Å². The highest BCUT2D eigenvalue weighted by atomic mass is 32.1. The molecule has 20 heavy (non-hydrogen) atoms. The molecule has 3 aromatic rings. The molecule has 0 atom stereocenters. The molecule has 4 heteroatoms. The summed E-state index contributed by atoms with van der Waals surface area (Å²) in [6, 6.07) is 17.8. The van der Waals surface area contributed by atoms with Crippen molar-refractivity contribution in [3.8, 4) is 21.8 Å². The molecule has 3 rings (SSSR count). The first-order valence-electron chi connectivity index (χ1n) is 6.18. The average molecular weight is 280 g/mol. The van der Waals surface area contributed by atoms with Gasteiger partial charge < -0.3 is 5.32 Å². The minimum atomic E-state index is 0.676. The number of anilines is 1. The molecule has 0 fully saturated rings. The molecule has 0 aliphatic rings. The number of carbonyl (C=O) groups excluding carboxylic acids is 1. The lowest BCUT2D eigenvalue weighted by Gasteiger charge is -2.01. The van der Waals surface area contributed by atoms with Crippen molar-refractivity contribution in [2.75, 3.05) is 5.32 Å². The summed E-state index contributed by atoms with van der Waals surface area (Å²) in [5.74, 6) is 0. The first-order chi connectivity index (χ1) is 9.86. The Kier molecular flexibility index (Phi) is 3.56. The molecule has 0 unspecified atom stereocenters. The molecular formula is C16H12N2OS. The van der Waals surface area contributed by atoms with E-state index in [0.717, 1.165) is 27.5 Å². The lowest BCUT2D eigenvalue weighted by atomic mass is 10.1. The predicted octanol–water partition coefficient (Wildman–Crippen LogP) is 4.05. The molecule has 0 aliphatic carbocycles. The molecule has 1 N–H and O–H groups in total. The Morgan fingerprint density at radius 2 is 1.80 bits per heavy atom. The third-order valence-electron chi connectivity index (χ3n) is 2.91. The van der Waals surface area contributed by atoms with Crippen LogP contribution in [0.15, 0.2) is 60.0 Å². The molecule has 1 aromatic heterocycles. The zero-order valence-corrected chi connectivity index (χ0v) is 11.4. The Morgan fingerprint density at radius 3 is 2.60 bits per heavy atom. The second-order valence-electron chi connectivity index (χ2n) is 4.25. The summed E-state index contributed by atoms with van der Waals surface area (Å²) in [5, 5.41) is 5.68. The number of nitrogens with zero attached hydrogens (tertiary/aromatic N) is 1. The summed E-state index contributed by atoms with van der Waals surface area (Å²) in [5.41, 5.74) is 3.80. The van der Waals surface area contributed by atoms with E-state index in [-0.39, 0.29) is 0 Å². The van der Waals surface area contributed by atoms with E-state index in [4.69, 9.17) is 0 Å². The standard InChI is InChI=1S/C16H12N2OS/c19-11-17-14-8-4-7-13(9-14)15-10-20-16(18-15)12-5-2-1-3-6-12/h1-11H,(H,17,19). The molecule has 2 aromatic carbocycles. The highest BCUT2D eigenvalue weighted by Crippen LogP contribution is 2.29. The molecule has 1 heterocycles. The van der Waals surface area contributed by atoms with Gasteiger partial charge in [0.05, 0.1) is 5.69 Å². The van der Waals surface area contributed by atoms with E-state index >= 15 is 0 Å². The number of aromatic nitrogens is 1. The molecule has 0 bridgehead atoms. The fourth-order valence-electron chi connectivity index (χ4n) is 1.96. The van der Waals surface area contributed by atoms with Gasteiger partial charge in [-0.15, -0.1) is 11.3 Å². The third-order valence-corrected chi connectivity index (χ3v) is 3.80. The van der Waals surface area contributed by atoms with Crippen molar-refractivity contribution in [3.05, 3.63) is 60.0 Å².